The zero-order valence-corrected chi connectivity index (χ0v) is 9.48. The normalized spacial score (nSPS) is 10.2. The van der Waals surface area contributed by atoms with Crippen molar-refractivity contribution in [1.29, 1.82) is 0 Å². The fourth-order valence-electron chi connectivity index (χ4n) is 1.33. The lowest BCUT2D eigenvalue weighted by atomic mass is 10.1. The molecule has 0 aliphatic carbocycles. The Morgan fingerprint density at radius 3 is 2.87 bits per heavy atom. The summed E-state index contributed by atoms with van der Waals surface area (Å²) in [7, 11) is 0. The summed E-state index contributed by atoms with van der Waals surface area (Å²) in [6, 6.07) is 5.54. The Labute approximate surface area is 97.0 Å². The first kappa shape index (κ1) is 10.2. The van der Waals surface area contributed by atoms with Gasteiger partial charge in [-0.2, -0.15) is 0 Å². The van der Waals surface area contributed by atoms with Crippen LogP contribution in [0.5, 0.6) is 0 Å². The van der Waals surface area contributed by atoms with Gasteiger partial charge < -0.3 is 5.73 Å². The highest BCUT2D eigenvalue weighted by atomic mass is 35.5. The Kier molecular flexibility index (Phi) is 2.75. The Morgan fingerprint density at radius 2 is 2.27 bits per heavy atom. The van der Waals surface area contributed by atoms with Crippen LogP contribution in [0.2, 0.25) is 5.02 Å². The second kappa shape index (κ2) is 4.04. The Balaban J connectivity index is 2.61. The molecule has 0 amide bonds. The fourth-order valence-corrected chi connectivity index (χ4v) is 2.17. The highest BCUT2D eigenvalue weighted by Crippen LogP contribution is 2.30. The van der Waals surface area contributed by atoms with Gasteiger partial charge in [0.15, 0.2) is 0 Å². The van der Waals surface area contributed by atoms with Crippen LogP contribution in [0.1, 0.15) is 5.56 Å². The quantitative estimate of drug-likeness (QED) is 0.868. The molecule has 2 N–H and O–H groups in total. The van der Waals surface area contributed by atoms with Crippen molar-refractivity contribution in [2.75, 3.05) is 0 Å². The topological polar surface area (TPSA) is 38.9 Å². The maximum absolute atomic E-state index is 5.91. The predicted octanol–water partition coefficient (Wildman–Crippen LogP) is 3.39. The molecule has 0 unspecified atom stereocenters. The molecular weight excluding hydrogens is 228 g/mol. The van der Waals surface area contributed by atoms with E-state index in [1.165, 1.54) is 0 Å². The van der Waals surface area contributed by atoms with Gasteiger partial charge in [-0.1, -0.05) is 18.2 Å². The SMILES string of the molecule is C=C(N)c1cc(Cl)ccc1-c1nccs1. The van der Waals surface area contributed by atoms with Crippen molar-refractivity contribution >= 4 is 28.6 Å². The van der Waals surface area contributed by atoms with Gasteiger partial charge in [0, 0.05) is 33.4 Å². The molecule has 0 atom stereocenters. The van der Waals surface area contributed by atoms with E-state index in [4.69, 9.17) is 17.3 Å². The third-order valence-electron chi connectivity index (χ3n) is 1.99. The van der Waals surface area contributed by atoms with Crippen LogP contribution in [0, 0.1) is 0 Å². The van der Waals surface area contributed by atoms with E-state index in [1.54, 1.807) is 23.6 Å². The Bertz CT molecular complexity index is 491. The van der Waals surface area contributed by atoms with Crippen molar-refractivity contribution in [1.82, 2.24) is 4.98 Å². The smallest absolute Gasteiger partial charge is 0.123 e. The number of benzene rings is 1. The minimum atomic E-state index is 0.503. The molecule has 2 aromatic rings. The van der Waals surface area contributed by atoms with Crippen molar-refractivity contribution in [3.8, 4) is 10.6 Å². The van der Waals surface area contributed by atoms with Gasteiger partial charge in [-0.15, -0.1) is 11.3 Å². The Morgan fingerprint density at radius 1 is 1.47 bits per heavy atom. The minimum Gasteiger partial charge on any atom is -0.399 e. The van der Waals surface area contributed by atoms with Crippen LogP contribution in [0.25, 0.3) is 16.3 Å². The zero-order chi connectivity index (χ0) is 10.8. The van der Waals surface area contributed by atoms with Crippen molar-refractivity contribution in [3.63, 3.8) is 0 Å². The van der Waals surface area contributed by atoms with Gasteiger partial charge in [0.1, 0.15) is 5.01 Å². The monoisotopic (exact) mass is 236 g/mol. The van der Waals surface area contributed by atoms with Gasteiger partial charge in [0.2, 0.25) is 0 Å². The molecule has 0 saturated heterocycles. The summed E-state index contributed by atoms with van der Waals surface area (Å²) in [6.45, 7) is 3.73. The number of hydrogen-bond acceptors (Lipinski definition) is 3. The van der Waals surface area contributed by atoms with Gasteiger partial charge in [0.25, 0.3) is 0 Å². The molecule has 4 heteroatoms. The molecule has 0 radical (unpaired) electrons. The number of hydrogen-bond donors (Lipinski definition) is 1. The van der Waals surface area contributed by atoms with Gasteiger partial charge in [-0.05, 0) is 18.2 Å². The first-order valence-electron chi connectivity index (χ1n) is 4.32. The van der Waals surface area contributed by atoms with Gasteiger partial charge >= 0.3 is 0 Å². The zero-order valence-electron chi connectivity index (χ0n) is 7.90. The summed E-state index contributed by atoms with van der Waals surface area (Å²) in [5.74, 6) is 0. The van der Waals surface area contributed by atoms with Gasteiger partial charge in [-0.25, -0.2) is 4.98 Å². The van der Waals surface area contributed by atoms with Crippen LogP contribution in [-0.4, -0.2) is 4.98 Å². The highest BCUT2D eigenvalue weighted by molar-refractivity contribution is 7.13. The van der Waals surface area contributed by atoms with E-state index in [-0.39, 0.29) is 0 Å². The summed E-state index contributed by atoms with van der Waals surface area (Å²) in [6.07, 6.45) is 1.76. The molecule has 0 fully saturated rings. The van der Waals surface area contributed by atoms with E-state index in [2.05, 4.69) is 11.6 Å². The summed E-state index contributed by atoms with van der Waals surface area (Å²) in [5.41, 5.74) is 8.03. The predicted molar refractivity (Wildman–Crippen MR) is 65.8 cm³/mol. The van der Waals surface area contributed by atoms with E-state index in [0.29, 0.717) is 10.7 Å². The van der Waals surface area contributed by atoms with Crippen LogP contribution in [0.15, 0.2) is 36.4 Å². The molecule has 2 rings (SSSR count). The van der Waals surface area contributed by atoms with E-state index in [1.807, 2.05) is 17.5 Å². The summed E-state index contributed by atoms with van der Waals surface area (Å²) < 4.78 is 0. The number of aromatic nitrogens is 1. The van der Waals surface area contributed by atoms with Crippen LogP contribution >= 0.6 is 22.9 Å². The Hall–Kier alpha value is -1.32. The number of halogens is 1. The van der Waals surface area contributed by atoms with Crippen molar-refractivity contribution in [2.45, 2.75) is 0 Å². The first-order valence-corrected chi connectivity index (χ1v) is 5.58. The molecular formula is C11H9ClN2S. The second-order valence-electron chi connectivity index (χ2n) is 3.05. The standard InChI is InChI=1S/C11H9ClN2S/c1-7(13)10-6-8(12)2-3-9(10)11-14-4-5-15-11/h2-6H,1,13H2. The fraction of sp³-hybridized carbons (Fsp3) is 0. The molecule has 0 spiro atoms. The lowest BCUT2D eigenvalue weighted by molar-refractivity contribution is 1.40. The van der Waals surface area contributed by atoms with E-state index in [9.17, 15) is 0 Å². The highest BCUT2D eigenvalue weighted by Gasteiger charge is 2.08. The maximum Gasteiger partial charge on any atom is 0.123 e. The molecule has 15 heavy (non-hydrogen) atoms. The number of nitrogens with zero attached hydrogens (tertiary/aromatic N) is 1. The lowest BCUT2D eigenvalue weighted by Crippen LogP contribution is -1.96. The second-order valence-corrected chi connectivity index (χ2v) is 4.38. The number of rotatable bonds is 2. The van der Waals surface area contributed by atoms with Gasteiger partial charge in [0.05, 0.1) is 0 Å². The van der Waals surface area contributed by atoms with E-state index in [0.717, 1.165) is 16.1 Å². The van der Waals surface area contributed by atoms with E-state index >= 15 is 0 Å². The minimum absolute atomic E-state index is 0.503. The average molecular weight is 237 g/mol. The number of thiazole rings is 1. The first-order chi connectivity index (χ1) is 7.18. The van der Waals surface area contributed by atoms with Crippen LogP contribution in [-0.2, 0) is 0 Å². The van der Waals surface area contributed by atoms with Crippen LogP contribution in [0.3, 0.4) is 0 Å². The van der Waals surface area contributed by atoms with Crippen molar-refractivity contribution in [2.24, 2.45) is 5.73 Å². The summed E-state index contributed by atoms with van der Waals surface area (Å²) in [4.78, 5) is 4.24. The molecule has 76 valence electrons. The lowest BCUT2D eigenvalue weighted by Gasteiger charge is -2.06. The molecule has 0 aliphatic heterocycles. The average Bonchev–Trinajstić information content (AvgIpc) is 2.70. The number of nitrogens with two attached hydrogens (primary N) is 1. The molecule has 2 nitrogen and oxygen atoms in total. The maximum atomic E-state index is 5.91. The summed E-state index contributed by atoms with van der Waals surface area (Å²) >= 11 is 7.47. The van der Waals surface area contributed by atoms with Crippen molar-refractivity contribution in [3.05, 3.63) is 46.9 Å². The third kappa shape index (κ3) is 2.03. The molecule has 0 aliphatic rings. The molecule has 0 saturated carbocycles. The molecule has 1 aromatic carbocycles. The van der Waals surface area contributed by atoms with E-state index < -0.39 is 0 Å². The van der Waals surface area contributed by atoms with Crippen LogP contribution in [0.4, 0.5) is 0 Å². The molecule has 1 heterocycles. The van der Waals surface area contributed by atoms with Gasteiger partial charge in [-0.3, -0.25) is 0 Å². The molecule has 1 aromatic heterocycles. The molecule has 0 bridgehead atoms. The van der Waals surface area contributed by atoms with Crippen LogP contribution < -0.4 is 5.73 Å². The largest absolute Gasteiger partial charge is 0.399 e. The van der Waals surface area contributed by atoms with Crippen molar-refractivity contribution < 1.29 is 0 Å². The third-order valence-corrected chi connectivity index (χ3v) is 3.03. The summed E-state index contributed by atoms with van der Waals surface area (Å²) in [5, 5.41) is 3.50.